The van der Waals surface area contributed by atoms with E-state index in [0.29, 0.717) is 5.82 Å². The van der Waals surface area contributed by atoms with Gasteiger partial charge in [-0.15, -0.1) is 0 Å². The molecule has 0 unspecified atom stereocenters. The molecule has 2 N–H and O–H groups in total. The summed E-state index contributed by atoms with van der Waals surface area (Å²) >= 11 is 0. The Morgan fingerprint density at radius 1 is 1.32 bits per heavy atom. The first kappa shape index (κ1) is 16.0. The van der Waals surface area contributed by atoms with Crippen LogP contribution in [-0.2, 0) is 9.47 Å². The zero-order valence-corrected chi connectivity index (χ0v) is 13.3. The molecule has 0 radical (unpaired) electrons. The second kappa shape index (κ2) is 6.19. The van der Waals surface area contributed by atoms with Gasteiger partial charge in [0.05, 0.1) is 6.61 Å². The van der Waals surface area contributed by atoms with E-state index in [2.05, 4.69) is 4.98 Å². The molecule has 22 heavy (non-hydrogen) atoms. The highest BCUT2D eigenvalue weighted by molar-refractivity contribution is 5.93. The maximum absolute atomic E-state index is 12.5. The van der Waals surface area contributed by atoms with Gasteiger partial charge in [0.25, 0.3) is 0 Å². The number of nitrogen functional groups attached to an aromatic ring is 1. The molecule has 0 atom stereocenters. The fourth-order valence-electron chi connectivity index (χ4n) is 2.32. The van der Waals surface area contributed by atoms with Crippen molar-refractivity contribution in [2.45, 2.75) is 26.4 Å². The zero-order chi connectivity index (χ0) is 16.3. The summed E-state index contributed by atoms with van der Waals surface area (Å²) in [5.74, 6) is 0.253. The van der Waals surface area contributed by atoms with Crippen molar-refractivity contribution < 1.29 is 14.3 Å². The molecule has 6 nitrogen and oxygen atoms in total. The topological polar surface area (TPSA) is 79.4 Å². The third-order valence-electron chi connectivity index (χ3n) is 3.14. The van der Waals surface area contributed by atoms with Crippen molar-refractivity contribution in [2.24, 2.45) is 0 Å². The van der Waals surface area contributed by atoms with Crippen LogP contribution in [0.1, 0.15) is 30.2 Å². The number of hydrogen-bond acceptors (Lipinski definition) is 5. The number of carbonyl (C=O) groups excluding carboxylic acids is 1. The predicted molar refractivity (Wildman–Crippen MR) is 84.1 cm³/mol. The molecule has 0 aliphatic carbocycles. The van der Waals surface area contributed by atoms with E-state index in [9.17, 15) is 4.79 Å². The number of para-hydroxylation sites is 1. The van der Waals surface area contributed by atoms with E-state index in [-0.39, 0.29) is 18.1 Å². The second-order valence-electron chi connectivity index (χ2n) is 5.65. The van der Waals surface area contributed by atoms with Crippen LogP contribution in [-0.4, -0.2) is 34.8 Å². The number of ether oxygens (including phenoxy) is 2. The standard InChI is InChI=1S/C16H21N3O3/c1-11-18-14(17)13(15(20)22-16(2,3)10-21-4)19(11)12-8-6-5-7-9-12/h5-9H,10,17H2,1-4H3. The van der Waals surface area contributed by atoms with Crippen molar-refractivity contribution in [1.82, 2.24) is 9.55 Å². The molecule has 1 aromatic carbocycles. The minimum absolute atomic E-state index is 0.152. The number of rotatable bonds is 5. The first-order valence-corrected chi connectivity index (χ1v) is 6.98. The first-order valence-electron chi connectivity index (χ1n) is 6.98. The van der Waals surface area contributed by atoms with Crippen LogP contribution in [0.3, 0.4) is 0 Å². The highest BCUT2D eigenvalue weighted by atomic mass is 16.6. The van der Waals surface area contributed by atoms with Gasteiger partial charge in [-0.25, -0.2) is 9.78 Å². The fourth-order valence-corrected chi connectivity index (χ4v) is 2.32. The van der Waals surface area contributed by atoms with E-state index in [1.807, 2.05) is 30.3 Å². The lowest BCUT2D eigenvalue weighted by Gasteiger charge is -2.24. The number of anilines is 1. The zero-order valence-electron chi connectivity index (χ0n) is 13.3. The SMILES string of the molecule is COCC(C)(C)OC(=O)c1c(N)nc(C)n1-c1ccccc1. The molecule has 1 heterocycles. The molecule has 118 valence electrons. The number of imidazole rings is 1. The van der Waals surface area contributed by atoms with Gasteiger partial charge in [0.1, 0.15) is 11.4 Å². The molecule has 0 saturated carbocycles. The van der Waals surface area contributed by atoms with Crippen LogP contribution in [0.25, 0.3) is 5.69 Å². The minimum atomic E-state index is -0.752. The highest BCUT2D eigenvalue weighted by Gasteiger charge is 2.29. The summed E-state index contributed by atoms with van der Waals surface area (Å²) in [5.41, 5.74) is 6.19. The quantitative estimate of drug-likeness (QED) is 0.858. The second-order valence-corrected chi connectivity index (χ2v) is 5.65. The summed E-state index contributed by atoms with van der Waals surface area (Å²) in [5, 5.41) is 0. The summed E-state index contributed by atoms with van der Waals surface area (Å²) in [4.78, 5) is 16.7. The Morgan fingerprint density at radius 3 is 2.55 bits per heavy atom. The molecule has 0 bridgehead atoms. The Labute approximate surface area is 129 Å². The summed E-state index contributed by atoms with van der Waals surface area (Å²) < 4.78 is 12.3. The number of methoxy groups -OCH3 is 1. The summed E-state index contributed by atoms with van der Waals surface area (Å²) in [6.07, 6.45) is 0. The van der Waals surface area contributed by atoms with Crippen LogP contribution in [0.5, 0.6) is 0 Å². The van der Waals surface area contributed by atoms with E-state index < -0.39 is 11.6 Å². The van der Waals surface area contributed by atoms with Gasteiger partial charge in [-0.1, -0.05) is 18.2 Å². The van der Waals surface area contributed by atoms with Gasteiger partial charge in [0, 0.05) is 12.8 Å². The lowest BCUT2D eigenvalue weighted by molar-refractivity contribution is -0.0370. The smallest absolute Gasteiger partial charge is 0.359 e. The third-order valence-corrected chi connectivity index (χ3v) is 3.14. The van der Waals surface area contributed by atoms with Crippen molar-refractivity contribution >= 4 is 11.8 Å². The Kier molecular flexibility index (Phi) is 4.51. The molecule has 0 amide bonds. The number of hydrogen-bond donors (Lipinski definition) is 1. The summed E-state index contributed by atoms with van der Waals surface area (Å²) in [7, 11) is 1.56. The monoisotopic (exact) mass is 303 g/mol. The summed E-state index contributed by atoms with van der Waals surface area (Å²) in [6.45, 7) is 5.64. The maximum Gasteiger partial charge on any atom is 0.359 e. The van der Waals surface area contributed by atoms with E-state index in [1.54, 1.807) is 32.4 Å². The van der Waals surface area contributed by atoms with E-state index in [0.717, 1.165) is 5.69 Å². The van der Waals surface area contributed by atoms with Gasteiger partial charge < -0.3 is 15.2 Å². The molecule has 2 aromatic rings. The third kappa shape index (κ3) is 3.28. The maximum atomic E-state index is 12.5. The number of aromatic nitrogens is 2. The summed E-state index contributed by atoms with van der Waals surface area (Å²) in [6, 6.07) is 9.43. The van der Waals surface area contributed by atoms with Crippen molar-refractivity contribution in [1.29, 1.82) is 0 Å². The van der Waals surface area contributed by atoms with Crippen molar-refractivity contribution in [3.05, 3.63) is 41.9 Å². The number of carbonyl (C=O) groups is 1. The first-order chi connectivity index (χ1) is 10.4. The fraction of sp³-hybridized carbons (Fsp3) is 0.375. The Hall–Kier alpha value is -2.34. The molecule has 6 heteroatoms. The lowest BCUT2D eigenvalue weighted by atomic mass is 10.1. The minimum Gasteiger partial charge on any atom is -0.452 e. The number of nitrogens with zero attached hydrogens (tertiary/aromatic N) is 2. The van der Waals surface area contributed by atoms with Crippen molar-refractivity contribution in [3.8, 4) is 5.69 Å². The molecular formula is C16H21N3O3. The van der Waals surface area contributed by atoms with Gasteiger partial charge in [-0.2, -0.15) is 0 Å². The number of esters is 1. The van der Waals surface area contributed by atoms with Gasteiger partial charge in [-0.05, 0) is 32.9 Å². The van der Waals surface area contributed by atoms with Gasteiger partial charge in [0.2, 0.25) is 0 Å². The van der Waals surface area contributed by atoms with Crippen LogP contribution >= 0.6 is 0 Å². The average molecular weight is 303 g/mol. The Morgan fingerprint density at radius 2 is 1.95 bits per heavy atom. The molecule has 0 saturated heterocycles. The normalized spacial score (nSPS) is 11.5. The van der Waals surface area contributed by atoms with Gasteiger partial charge in [0.15, 0.2) is 11.5 Å². The van der Waals surface area contributed by atoms with E-state index in [4.69, 9.17) is 15.2 Å². The largest absolute Gasteiger partial charge is 0.452 e. The van der Waals surface area contributed by atoms with Crippen LogP contribution in [0, 0.1) is 6.92 Å². The molecule has 1 aromatic heterocycles. The lowest BCUT2D eigenvalue weighted by Crippen LogP contribution is -2.33. The predicted octanol–water partition coefficient (Wildman–Crippen LogP) is 2.34. The van der Waals surface area contributed by atoms with Gasteiger partial charge in [-0.3, -0.25) is 4.57 Å². The van der Waals surface area contributed by atoms with Crippen molar-refractivity contribution in [2.75, 3.05) is 19.5 Å². The van der Waals surface area contributed by atoms with Crippen LogP contribution in [0.2, 0.25) is 0 Å². The van der Waals surface area contributed by atoms with Gasteiger partial charge >= 0.3 is 5.97 Å². The van der Waals surface area contributed by atoms with E-state index >= 15 is 0 Å². The van der Waals surface area contributed by atoms with E-state index in [1.165, 1.54) is 0 Å². The molecule has 0 aliphatic heterocycles. The van der Waals surface area contributed by atoms with Crippen LogP contribution in [0.4, 0.5) is 5.82 Å². The molecule has 0 fully saturated rings. The Bertz CT molecular complexity index is 663. The van der Waals surface area contributed by atoms with Crippen molar-refractivity contribution in [3.63, 3.8) is 0 Å². The highest BCUT2D eigenvalue weighted by Crippen LogP contribution is 2.23. The average Bonchev–Trinajstić information content (AvgIpc) is 2.73. The van der Waals surface area contributed by atoms with Crippen LogP contribution < -0.4 is 5.73 Å². The van der Waals surface area contributed by atoms with Crippen LogP contribution in [0.15, 0.2) is 30.3 Å². The molecule has 0 spiro atoms. The molecular weight excluding hydrogens is 282 g/mol. The number of nitrogens with two attached hydrogens (primary N) is 1. The molecule has 0 aliphatic rings. The Balaban J connectivity index is 2.42. The number of benzene rings is 1. The number of aryl methyl sites for hydroxylation is 1. The molecule has 2 rings (SSSR count).